The van der Waals surface area contributed by atoms with Crippen LogP contribution in [0.4, 0.5) is 5.69 Å². The fourth-order valence-electron chi connectivity index (χ4n) is 2.62. The van der Waals surface area contributed by atoms with Crippen molar-refractivity contribution in [1.82, 2.24) is 0 Å². The second-order valence-corrected chi connectivity index (χ2v) is 4.90. The average Bonchev–Trinajstić information content (AvgIpc) is 3.00. The Morgan fingerprint density at radius 1 is 1.44 bits per heavy atom. The van der Waals surface area contributed by atoms with Crippen LogP contribution >= 0.6 is 0 Å². The van der Waals surface area contributed by atoms with Gasteiger partial charge in [0.15, 0.2) is 0 Å². The summed E-state index contributed by atoms with van der Waals surface area (Å²) in [6, 6.07) is 6.16. The lowest BCUT2D eigenvalue weighted by atomic mass is 9.94. The first kappa shape index (κ1) is 9.70. The summed E-state index contributed by atoms with van der Waals surface area (Å²) in [6.07, 6.45) is 2.61. The highest BCUT2D eigenvalue weighted by Crippen LogP contribution is 2.49. The average molecular weight is 217 g/mol. The van der Waals surface area contributed by atoms with E-state index in [1.165, 1.54) is 11.3 Å². The number of likely N-dealkylation sites (N-methyl/N-ethyl adjacent to an activating group) is 1. The molecule has 0 radical (unpaired) electrons. The van der Waals surface area contributed by atoms with Gasteiger partial charge in [-0.2, -0.15) is 0 Å². The Hall–Kier alpha value is -1.51. The Morgan fingerprint density at radius 2 is 2.19 bits per heavy atom. The van der Waals surface area contributed by atoms with Crippen molar-refractivity contribution in [3.05, 3.63) is 29.3 Å². The number of hydrogen-bond donors (Lipinski definition) is 1. The number of carbonyl (C=O) groups is 1. The molecule has 1 aliphatic heterocycles. The molecule has 0 bridgehead atoms. The van der Waals surface area contributed by atoms with E-state index in [4.69, 9.17) is 0 Å². The maximum Gasteiger partial charge on any atom is 0.314 e. The summed E-state index contributed by atoms with van der Waals surface area (Å²) in [7, 11) is 2.08. The molecule has 0 saturated heterocycles. The predicted octanol–water partition coefficient (Wildman–Crippen LogP) is 1.80. The predicted molar refractivity (Wildman–Crippen MR) is 62.0 cm³/mol. The van der Waals surface area contributed by atoms with Gasteiger partial charge in [-0.25, -0.2) is 0 Å². The second-order valence-electron chi connectivity index (χ2n) is 4.90. The van der Waals surface area contributed by atoms with E-state index < -0.39 is 11.4 Å². The molecule has 3 rings (SSSR count). The van der Waals surface area contributed by atoms with Crippen LogP contribution in [0.15, 0.2) is 18.2 Å². The summed E-state index contributed by atoms with van der Waals surface area (Å²) in [6.45, 7) is 1.04. The number of nitrogens with zero attached hydrogens (tertiary/aromatic N) is 1. The van der Waals surface area contributed by atoms with E-state index in [9.17, 15) is 9.90 Å². The fraction of sp³-hybridized carbons (Fsp3) is 0.462. The van der Waals surface area contributed by atoms with Crippen LogP contribution in [-0.2, 0) is 16.6 Å². The van der Waals surface area contributed by atoms with Crippen molar-refractivity contribution in [1.29, 1.82) is 0 Å². The first-order chi connectivity index (χ1) is 7.63. The van der Waals surface area contributed by atoms with Gasteiger partial charge in [-0.1, -0.05) is 12.1 Å². The van der Waals surface area contributed by atoms with Gasteiger partial charge >= 0.3 is 5.97 Å². The van der Waals surface area contributed by atoms with Gasteiger partial charge in [0.1, 0.15) is 0 Å². The van der Waals surface area contributed by atoms with Gasteiger partial charge in [0, 0.05) is 19.3 Å². The Bertz CT molecular complexity index is 463. The molecule has 0 atom stereocenters. The van der Waals surface area contributed by atoms with Gasteiger partial charge in [-0.15, -0.1) is 0 Å². The van der Waals surface area contributed by atoms with Crippen molar-refractivity contribution in [3.63, 3.8) is 0 Å². The maximum absolute atomic E-state index is 11.2. The molecule has 0 amide bonds. The van der Waals surface area contributed by atoms with E-state index in [0.29, 0.717) is 0 Å². The van der Waals surface area contributed by atoms with E-state index in [1.807, 2.05) is 6.07 Å². The molecular formula is C13H15NO2. The summed E-state index contributed by atoms with van der Waals surface area (Å²) in [5.41, 5.74) is 2.99. The first-order valence-electron chi connectivity index (χ1n) is 5.71. The van der Waals surface area contributed by atoms with Crippen LogP contribution in [0.3, 0.4) is 0 Å². The monoisotopic (exact) mass is 217 g/mol. The van der Waals surface area contributed by atoms with Crippen molar-refractivity contribution in [2.45, 2.75) is 24.7 Å². The number of aliphatic carboxylic acids is 1. The van der Waals surface area contributed by atoms with Crippen LogP contribution in [0, 0.1) is 0 Å². The van der Waals surface area contributed by atoms with E-state index in [0.717, 1.165) is 31.4 Å². The van der Waals surface area contributed by atoms with Crippen LogP contribution in [-0.4, -0.2) is 24.7 Å². The summed E-state index contributed by atoms with van der Waals surface area (Å²) in [5, 5.41) is 9.25. The number of rotatable bonds is 2. The van der Waals surface area contributed by atoms with E-state index in [2.05, 4.69) is 24.1 Å². The highest BCUT2D eigenvalue weighted by molar-refractivity contribution is 5.85. The Kier molecular flexibility index (Phi) is 1.82. The smallest absolute Gasteiger partial charge is 0.314 e. The van der Waals surface area contributed by atoms with Crippen molar-refractivity contribution in [2.75, 3.05) is 18.5 Å². The standard InChI is InChI=1S/C13H15NO2/c1-14-7-4-9-8-10(2-3-11(9)14)13(5-6-13)12(15)16/h2-3,8H,4-7H2,1H3,(H,15,16). The van der Waals surface area contributed by atoms with Gasteiger partial charge in [0.2, 0.25) is 0 Å². The molecule has 2 aliphatic rings. The molecule has 1 N–H and O–H groups in total. The van der Waals surface area contributed by atoms with Gasteiger partial charge in [0.25, 0.3) is 0 Å². The van der Waals surface area contributed by atoms with Crippen LogP contribution in [0.5, 0.6) is 0 Å². The number of benzene rings is 1. The minimum atomic E-state index is -0.668. The number of anilines is 1. The molecule has 1 aromatic rings. The van der Waals surface area contributed by atoms with Crippen molar-refractivity contribution in [3.8, 4) is 0 Å². The highest BCUT2D eigenvalue weighted by Gasteiger charge is 2.51. The summed E-state index contributed by atoms with van der Waals surface area (Å²) >= 11 is 0. The zero-order valence-electron chi connectivity index (χ0n) is 9.36. The number of carboxylic acids is 1. The van der Waals surface area contributed by atoms with Crippen LogP contribution < -0.4 is 4.90 Å². The Labute approximate surface area is 94.7 Å². The minimum Gasteiger partial charge on any atom is -0.481 e. The molecule has 0 spiro atoms. The molecule has 3 nitrogen and oxygen atoms in total. The molecule has 0 aromatic heterocycles. The highest BCUT2D eigenvalue weighted by atomic mass is 16.4. The van der Waals surface area contributed by atoms with Crippen molar-refractivity contribution >= 4 is 11.7 Å². The third kappa shape index (κ3) is 1.17. The van der Waals surface area contributed by atoms with E-state index >= 15 is 0 Å². The second kappa shape index (κ2) is 3.00. The molecule has 1 heterocycles. The molecule has 0 unspecified atom stereocenters. The molecule has 3 heteroatoms. The summed E-state index contributed by atoms with van der Waals surface area (Å²) in [4.78, 5) is 13.5. The largest absolute Gasteiger partial charge is 0.481 e. The summed E-state index contributed by atoms with van der Waals surface area (Å²) < 4.78 is 0. The van der Waals surface area contributed by atoms with Crippen molar-refractivity contribution in [2.24, 2.45) is 0 Å². The third-order valence-corrected chi connectivity index (χ3v) is 3.92. The quantitative estimate of drug-likeness (QED) is 0.821. The lowest BCUT2D eigenvalue weighted by Crippen LogP contribution is -2.19. The lowest BCUT2D eigenvalue weighted by molar-refractivity contribution is -0.140. The van der Waals surface area contributed by atoms with Gasteiger partial charge in [-0.3, -0.25) is 4.79 Å². The molecule has 1 aliphatic carbocycles. The van der Waals surface area contributed by atoms with Gasteiger partial charge in [0.05, 0.1) is 5.41 Å². The molecule has 16 heavy (non-hydrogen) atoms. The van der Waals surface area contributed by atoms with Gasteiger partial charge < -0.3 is 10.0 Å². The first-order valence-corrected chi connectivity index (χ1v) is 5.71. The molecular weight excluding hydrogens is 202 g/mol. The maximum atomic E-state index is 11.2. The Balaban J connectivity index is 2.03. The van der Waals surface area contributed by atoms with Crippen LogP contribution in [0.2, 0.25) is 0 Å². The zero-order valence-corrected chi connectivity index (χ0v) is 9.36. The van der Waals surface area contributed by atoms with Crippen LogP contribution in [0.25, 0.3) is 0 Å². The molecule has 84 valence electrons. The number of hydrogen-bond acceptors (Lipinski definition) is 2. The molecule has 1 aromatic carbocycles. The normalized spacial score (nSPS) is 20.7. The van der Waals surface area contributed by atoms with E-state index in [1.54, 1.807) is 0 Å². The molecule has 1 fully saturated rings. The zero-order chi connectivity index (χ0) is 11.3. The summed E-state index contributed by atoms with van der Waals surface area (Å²) in [5.74, 6) is -0.668. The van der Waals surface area contributed by atoms with Crippen LogP contribution in [0.1, 0.15) is 24.0 Å². The van der Waals surface area contributed by atoms with Crippen molar-refractivity contribution < 1.29 is 9.90 Å². The topological polar surface area (TPSA) is 40.5 Å². The third-order valence-electron chi connectivity index (χ3n) is 3.92. The number of fused-ring (bicyclic) bond motifs is 1. The lowest BCUT2D eigenvalue weighted by Gasteiger charge is -2.14. The fourth-order valence-corrected chi connectivity index (χ4v) is 2.62. The number of carboxylic acid groups (broad SMARTS) is 1. The van der Waals surface area contributed by atoms with E-state index in [-0.39, 0.29) is 0 Å². The SMILES string of the molecule is CN1CCc2cc(C3(C(=O)O)CC3)ccc21. The minimum absolute atomic E-state index is 0.559. The van der Waals surface area contributed by atoms with Gasteiger partial charge in [-0.05, 0) is 36.5 Å². The Morgan fingerprint density at radius 3 is 2.81 bits per heavy atom. The molecule has 1 saturated carbocycles.